The number of hydrogen-bond acceptors (Lipinski definition) is 4. The van der Waals surface area contributed by atoms with Gasteiger partial charge in [0.25, 0.3) is 0 Å². The van der Waals surface area contributed by atoms with Gasteiger partial charge in [-0.05, 0) is 42.1 Å². The maximum atomic E-state index is 12.6. The Morgan fingerprint density at radius 2 is 1.83 bits per heavy atom. The molecule has 23 heavy (non-hydrogen) atoms. The van der Waals surface area contributed by atoms with Gasteiger partial charge in [-0.3, -0.25) is 0 Å². The minimum atomic E-state index is -4.41. The highest BCUT2D eigenvalue weighted by Gasteiger charge is 2.30. The first kappa shape index (κ1) is 17.9. The van der Waals surface area contributed by atoms with E-state index in [1.165, 1.54) is 29.0 Å². The van der Waals surface area contributed by atoms with Crippen molar-refractivity contribution in [2.24, 2.45) is 0 Å². The van der Waals surface area contributed by atoms with Crippen molar-refractivity contribution >= 4 is 21.8 Å². The van der Waals surface area contributed by atoms with Gasteiger partial charge in [0.2, 0.25) is 10.0 Å². The zero-order valence-electron chi connectivity index (χ0n) is 12.1. The molecule has 0 aliphatic rings. The van der Waals surface area contributed by atoms with Gasteiger partial charge in [0.1, 0.15) is 0 Å². The van der Waals surface area contributed by atoms with Gasteiger partial charge in [-0.25, -0.2) is 8.42 Å². The first-order valence-corrected chi connectivity index (χ1v) is 8.85. The summed E-state index contributed by atoms with van der Waals surface area (Å²) < 4.78 is 68.1. The van der Waals surface area contributed by atoms with Crippen LogP contribution in [-0.2, 0) is 16.6 Å². The minimum Gasteiger partial charge on any atom is -0.472 e. The van der Waals surface area contributed by atoms with Gasteiger partial charge in [-0.1, -0.05) is 6.92 Å². The van der Waals surface area contributed by atoms with Gasteiger partial charge >= 0.3 is 5.51 Å². The van der Waals surface area contributed by atoms with E-state index < -0.39 is 15.5 Å². The Balaban J connectivity index is 2.20. The summed E-state index contributed by atoms with van der Waals surface area (Å²) in [6.45, 7) is 2.05. The summed E-state index contributed by atoms with van der Waals surface area (Å²) in [6, 6.07) is 6.32. The molecule has 0 atom stereocenters. The summed E-state index contributed by atoms with van der Waals surface area (Å²) in [7, 11) is -3.79. The highest BCUT2D eigenvalue weighted by atomic mass is 32.2. The quantitative estimate of drug-likeness (QED) is 0.723. The second-order valence-corrected chi connectivity index (χ2v) is 7.66. The van der Waals surface area contributed by atoms with E-state index >= 15 is 0 Å². The van der Waals surface area contributed by atoms with Crippen molar-refractivity contribution < 1.29 is 26.0 Å². The smallest absolute Gasteiger partial charge is 0.446 e. The first-order chi connectivity index (χ1) is 10.7. The van der Waals surface area contributed by atoms with Crippen molar-refractivity contribution in [3.8, 4) is 0 Å². The zero-order chi connectivity index (χ0) is 17.1. The number of furan rings is 1. The topological polar surface area (TPSA) is 50.5 Å². The van der Waals surface area contributed by atoms with E-state index in [0.717, 1.165) is 12.1 Å². The number of benzene rings is 1. The average Bonchev–Trinajstić information content (AvgIpc) is 2.96. The molecule has 0 unspecified atom stereocenters. The highest BCUT2D eigenvalue weighted by molar-refractivity contribution is 8.00. The molecule has 126 valence electrons. The molecule has 1 heterocycles. The largest absolute Gasteiger partial charge is 0.472 e. The van der Waals surface area contributed by atoms with Crippen LogP contribution in [0.15, 0.2) is 57.1 Å². The normalized spacial score (nSPS) is 12.7. The van der Waals surface area contributed by atoms with Gasteiger partial charge in [-0.2, -0.15) is 17.5 Å². The van der Waals surface area contributed by atoms with E-state index in [1.807, 2.05) is 0 Å². The Kier molecular flexibility index (Phi) is 5.43. The summed E-state index contributed by atoms with van der Waals surface area (Å²) >= 11 is -0.283. The van der Waals surface area contributed by atoms with Gasteiger partial charge in [-0.15, -0.1) is 0 Å². The van der Waals surface area contributed by atoms with Crippen LogP contribution < -0.4 is 0 Å². The van der Waals surface area contributed by atoms with Crippen LogP contribution in [0.5, 0.6) is 0 Å². The second-order valence-electron chi connectivity index (χ2n) is 4.58. The molecular weight excluding hydrogens is 351 g/mol. The molecule has 9 heteroatoms. The van der Waals surface area contributed by atoms with E-state index in [2.05, 4.69) is 0 Å². The number of rotatable bonds is 6. The van der Waals surface area contributed by atoms with Gasteiger partial charge in [0.05, 0.1) is 17.4 Å². The predicted octanol–water partition coefficient (Wildman–Crippen LogP) is 4.10. The molecule has 0 aliphatic heterocycles. The third kappa shape index (κ3) is 4.76. The van der Waals surface area contributed by atoms with Gasteiger partial charge < -0.3 is 4.42 Å². The molecule has 0 N–H and O–H groups in total. The van der Waals surface area contributed by atoms with E-state index in [0.29, 0.717) is 5.56 Å². The summed E-state index contributed by atoms with van der Waals surface area (Å²) in [5, 5.41) is 0. The summed E-state index contributed by atoms with van der Waals surface area (Å²) in [4.78, 5) is -0.108. The maximum absolute atomic E-state index is 12.6. The number of alkyl halides is 3. The molecule has 2 aromatic rings. The molecule has 0 saturated heterocycles. The highest BCUT2D eigenvalue weighted by Crippen LogP contribution is 2.37. The molecule has 0 amide bonds. The van der Waals surface area contributed by atoms with Crippen LogP contribution in [0.4, 0.5) is 13.2 Å². The molecule has 1 aromatic heterocycles. The maximum Gasteiger partial charge on any atom is 0.446 e. The number of nitrogens with zero attached hydrogens (tertiary/aromatic N) is 1. The summed E-state index contributed by atoms with van der Waals surface area (Å²) in [5.41, 5.74) is -3.71. The Labute approximate surface area is 136 Å². The number of sulfonamides is 1. The number of halogens is 3. The third-order valence-corrected chi connectivity index (χ3v) is 5.66. The van der Waals surface area contributed by atoms with Crippen LogP contribution in [0.1, 0.15) is 12.5 Å². The van der Waals surface area contributed by atoms with Crippen LogP contribution in [-0.4, -0.2) is 24.8 Å². The monoisotopic (exact) mass is 365 g/mol. The third-order valence-electron chi connectivity index (χ3n) is 2.99. The molecule has 2 rings (SSSR count). The van der Waals surface area contributed by atoms with E-state index in [1.54, 1.807) is 13.0 Å². The Hall–Kier alpha value is -1.45. The van der Waals surface area contributed by atoms with Crippen molar-refractivity contribution in [2.45, 2.75) is 28.8 Å². The molecule has 0 aliphatic carbocycles. The molecule has 0 radical (unpaired) electrons. The fourth-order valence-corrected chi connectivity index (χ4v) is 3.89. The van der Waals surface area contributed by atoms with Crippen LogP contribution >= 0.6 is 11.8 Å². The lowest BCUT2D eigenvalue weighted by Gasteiger charge is -2.20. The van der Waals surface area contributed by atoms with E-state index in [9.17, 15) is 21.6 Å². The SMILES string of the molecule is CCN(Cc1ccoc1)S(=O)(=O)c1ccc(SC(F)(F)F)cc1. The van der Waals surface area contributed by atoms with Crippen LogP contribution in [0.2, 0.25) is 0 Å². The van der Waals surface area contributed by atoms with Crippen molar-refractivity contribution in [3.63, 3.8) is 0 Å². The first-order valence-electron chi connectivity index (χ1n) is 6.59. The number of thioether (sulfide) groups is 1. The Morgan fingerprint density at radius 3 is 2.30 bits per heavy atom. The summed E-state index contributed by atoms with van der Waals surface area (Å²) in [6.07, 6.45) is 2.89. The molecular formula is C14H14F3NO3S2. The lowest BCUT2D eigenvalue weighted by atomic mass is 10.3. The Morgan fingerprint density at radius 1 is 1.17 bits per heavy atom. The second kappa shape index (κ2) is 6.98. The molecule has 0 saturated carbocycles. The van der Waals surface area contributed by atoms with Crippen molar-refractivity contribution in [3.05, 3.63) is 48.4 Å². The fraction of sp³-hybridized carbons (Fsp3) is 0.286. The van der Waals surface area contributed by atoms with E-state index in [-0.39, 0.29) is 34.6 Å². The van der Waals surface area contributed by atoms with Crippen LogP contribution in [0, 0.1) is 0 Å². The molecule has 0 bridgehead atoms. The van der Waals surface area contributed by atoms with Crippen molar-refractivity contribution in [1.29, 1.82) is 0 Å². The number of hydrogen-bond donors (Lipinski definition) is 0. The minimum absolute atomic E-state index is 0.0469. The molecule has 0 spiro atoms. The fourth-order valence-electron chi connectivity index (χ4n) is 1.92. The lowest BCUT2D eigenvalue weighted by Crippen LogP contribution is -2.30. The molecule has 4 nitrogen and oxygen atoms in total. The Bertz CT molecular complexity index is 726. The predicted molar refractivity (Wildman–Crippen MR) is 80.3 cm³/mol. The standard InChI is InChI=1S/C14H14F3NO3S2/c1-2-18(9-11-7-8-21-10-11)23(19,20)13-5-3-12(4-6-13)22-14(15,16)17/h3-8,10H,2,9H2,1H3. The van der Waals surface area contributed by atoms with Gasteiger partial charge in [0.15, 0.2) is 0 Å². The van der Waals surface area contributed by atoms with Crippen LogP contribution in [0.25, 0.3) is 0 Å². The van der Waals surface area contributed by atoms with Crippen molar-refractivity contribution in [2.75, 3.05) is 6.54 Å². The molecule has 0 fully saturated rings. The van der Waals surface area contributed by atoms with Crippen molar-refractivity contribution in [1.82, 2.24) is 4.31 Å². The zero-order valence-corrected chi connectivity index (χ0v) is 13.7. The molecule has 1 aromatic carbocycles. The van der Waals surface area contributed by atoms with E-state index in [4.69, 9.17) is 4.42 Å². The van der Waals surface area contributed by atoms with Gasteiger partial charge in [0, 0.05) is 23.5 Å². The summed E-state index contributed by atoms with van der Waals surface area (Å²) in [5.74, 6) is 0. The lowest BCUT2D eigenvalue weighted by molar-refractivity contribution is -0.0328. The van der Waals surface area contributed by atoms with Crippen LogP contribution in [0.3, 0.4) is 0 Å². The average molecular weight is 365 g/mol.